The number of aromatic nitrogens is 5. The lowest BCUT2D eigenvalue weighted by Crippen LogP contribution is -2.20. The summed E-state index contributed by atoms with van der Waals surface area (Å²) in [5.74, 6) is 1.31. The molecule has 0 aromatic carbocycles. The minimum Gasteiger partial charge on any atom is -0.492 e. The Balaban J connectivity index is 1.77. The van der Waals surface area contributed by atoms with Crippen LogP contribution in [0.1, 0.15) is 26.5 Å². The normalized spacial score (nSPS) is 11.6. The Bertz CT molecular complexity index is 879. The van der Waals surface area contributed by atoms with Gasteiger partial charge in [-0.3, -0.25) is 4.98 Å². The highest BCUT2D eigenvalue weighted by Crippen LogP contribution is 2.22. The molecule has 0 saturated heterocycles. The van der Waals surface area contributed by atoms with Crippen LogP contribution in [-0.2, 0) is 5.41 Å². The lowest BCUT2D eigenvalue weighted by Gasteiger charge is -2.19. The van der Waals surface area contributed by atoms with Crippen LogP contribution in [0.3, 0.4) is 0 Å². The van der Waals surface area contributed by atoms with E-state index in [0.717, 1.165) is 11.4 Å². The van der Waals surface area contributed by atoms with Gasteiger partial charge in [-0.2, -0.15) is 0 Å². The van der Waals surface area contributed by atoms with Gasteiger partial charge >= 0.3 is 5.69 Å². The van der Waals surface area contributed by atoms with E-state index in [1.165, 1.54) is 4.40 Å². The maximum Gasteiger partial charge on any atom is 0.347 e. The molecule has 0 fully saturated rings. The zero-order valence-corrected chi connectivity index (χ0v) is 13.9. The van der Waals surface area contributed by atoms with Gasteiger partial charge in [-0.15, -0.1) is 5.10 Å². The Morgan fingerprint density at radius 3 is 2.75 bits per heavy atom. The van der Waals surface area contributed by atoms with Crippen LogP contribution in [-0.4, -0.2) is 37.7 Å². The molecule has 0 aliphatic rings. The zero-order valence-electron chi connectivity index (χ0n) is 13.9. The smallest absolute Gasteiger partial charge is 0.347 e. The van der Waals surface area contributed by atoms with Gasteiger partial charge in [-0.05, 0) is 12.1 Å². The lowest BCUT2D eigenvalue weighted by atomic mass is 9.93. The van der Waals surface area contributed by atoms with Gasteiger partial charge < -0.3 is 10.1 Å². The summed E-state index contributed by atoms with van der Waals surface area (Å²) in [5, 5.41) is 9.67. The first-order valence-electron chi connectivity index (χ1n) is 7.70. The molecule has 3 aromatic rings. The molecule has 0 amide bonds. The van der Waals surface area contributed by atoms with Gasteiger partial charge in [-0.25, -0.2) is 19.3 Å². The van der Waals surface area contributed by atoms with Crippen LogP contribution in [0, 0.1) is 0 Å². The highest BCUT2D eigenvalue weighted by atomic mass is 16.5. The number of anilines is 1. The number of nitrogens with zero attached hydrogens (tertiary/aromatic N) is 4. The van der Waals surface area contributed by atoms with E-state index < -0.39 is 0 Å². The minimum atomic E-state index is -0.283. The van der Waals surface area contributed by atoms with Crippen LogP contribution in [0.5, 0.6) is 5.75 Å². The number of nitrogens with one attached hydrogen (secondary N) is 2. The Kier molecular flexibility index (Phi) is 4.20. The second-order valence-electron chi connectivity index (χ2n) is 6.41. The van der Waals surface area contributed by atoms with Crippen LogP contribution in [0.4, 0.5) is 5.82 Å². The minimum absolute atomic E-state index is 0.186. The lowest BCUT2D eigenvalue weighted by molar-refractivity contribution is 0.332. The van der Waals surface area contributed by atoms with Crippen LogP contribution in [0.25, 0.3) is 5.65 Å². The topological polar surface area (TPSA) is 97.2 Å². The van der Waals surface area contributed by atoms with E-state index >= 15 is 0 Å². The van der Waals surface area contributed by atoms with Crippen molar-refractivity contribution >= 4 is 11.5 Å². The summed E-state index contributed by atoms with van der Waals surface area (Å²) >= 11 is 0. The van der Waals surface area contributed by atoms with E-state index in [-0.39, 0.29) is 11.1 Å². The first-order valence-corrected chi connectivity index (χ1v) is 7.70. The molecule has 3 rings (SSSR count). The molecular weight excluding hydrogens is 308 g/mol. The van der Waals surface area contributed by atoms with Gasteiger partial charge in [0, 0.05) is 24.0 Å². The molecule has 0 saturated carbocycles. The number of pyridine rings is 1. The average Bonchev–Trinajstić information content (AvgIpc) is 2.93. The molecule has 24 heavy (non-hydrogen) atoms. The van der Waals surface area contributed by atoms with Gasteiger partial charge in [-0.1, -0.05) is 20.8 Å². The molecule has 3 heterocycles. The van der Waals surface area contributed by atoms with Crippen molar-refractivity contribution in [3.63, 3.8) is 0 Å². The van der Waals surface area contributed by atoms with Gasteiger partial charge in [0.2, 0.25) is 5.65 Å². The quantitative estimate of drug-likeness (QED) is 0.691. The van der Waals surface area contributed by atoms with Crippen LogP contribution < -0.4 is 15.7 Å². The second-order valence-corrected chi connectivity index (χ2v) is 6.41. The molecule has 0 atom stereocenters. The first-order chi connectivity index (χ1) is 11.4. The van der Waals surface area contributed by atoms with E-state index in [4.69, 9.17) is 4.74 Å². The van der Waals surface area contributed by atoms with Gasteiger partial charge in [0.15, 0.2) is 5.82 Å². The molecule has 0 radical (unpaired) electrons. The van der Waals surface area contributed by atoms with Gasteiger partial charge in [0.25, 0.3) is 0 Å². The fourth-order valence-electron chi connectivity index (χ4n) is 2.17. The summed E-state index contributed by atoms with van der Waals surface area (Å²) < 4.78 is 7.09. The molecule has 0 bridgehead atoms. The third-order valence-electron chi connectivity index (χ3n) is 3.48. The SMILES string of the molecule is CC(C)(C)c1cn2c(=O)[nH]nc2c(NCCOc2ccncc2)n1. The Hall–Kier alpha value is -2.90. The highest BCUT2D eigenvalue weighted by Gasteiger charge is 2.19. The number of fused-ring (bicyclic) bond motifs is 1. The molecule has 8 heteroatoms. The number of hydrogen-bond acceptors (Lipinski definition) is 6. The summed E-state index contributed by atoms with van der Waals surface area (Å²) in [5.41, 5.74) is 0.802. The molecule has 0 aliphatic heterocycles. The van der Waals surface area contributed by atoms with Crippen LogP contribution in [0.2, 0.25) is 0 Å². The number of rotatable bonds is 5. The van der Waals surface area contributed by atoms with E-state index in [1.807, 2.05) is 20.8 Å². The molecule has 8 nitrogen and oxygen atoms in total. The summed E-state index contributed by atoms with van der Waals surface area (Å²) in [6.07, 6.45) is 5.08. The number of hydrogen-bond donors (Lipinski definition) is 2. The third kappa shape index (κ3) is 3.37. The maximum absolute atomic E-state index is 11.9. The predicted octanol–water partition coefficient (Wildman–Crippen LogP) is 1.60. The molecule has 2 N–H and O–H groups in total. The number of aromatic amines is 1. The average molecular weight is 328 g/mol. The van der Waals surface area contributed by atoms with E-state index in [1.54, 1.807) is 30.7 Å². The Morgan fingerprint density at radius 2 is 2.04 bits per heavy atom. The van der Waals surface area contributed by atoms with Crippen molar-refractivity contribution < 1.29 is 4.74 Å². The van der Waals surface area contributed by atoms with Crippen molar-refractivity contribution in [2.45, 2.75) is 26.2 Å². The summed E-state index contributed by atoms with van der Waals surface area (Å²) in [7, 11) is 0. The molecular formula is C16H20N6O2. The fraction of sp³-hybridized carbons (Fsp3) is 0.375. The summed E-state index contributed by atoms with van der Waals surface area (Å²) in [6.45, 7) is 7.11. The van der Waals surface area contributed by atoms with E-state index in [2.05, 4.69) is 25.5 Å². The summed E-state index contributed by atoms with van der Waals surface area (Å²) in [6, 6.07) is 3.59. The molecule has 3 aromatic heterocycles. The number of H-pyrrole nitrogens is 1. The predicted molar refractivity (Wildman–Crippen MR) is 90.5 cm³/mol. The molecule has 126 valence electrons. The third-order valence-corrected chi connectivity index (χ3v) is 3.48. The van der Waals surface area contributed by atoms with Crippen molar-refractivity contribution in [2.75, 3.05) is 18.5 Å². The van der Waals surface area contributed by atoms with E-state index in [0.29, 0.717) is 24.6 Å². The molecule has 0 spiro atoms. The van der Waals surface area contributed by atoms with Crippen molar-refractivity contribution in [2.24, 2.45) is 0 Å². The van der Waals surface area contributed by atoms with Crippen molar-refractivity contribution in [3.8, 4) is 5.75 Å². The second kappa shape index (κ2) is 6.31. The van der Waals surface area contributed by atoms with Crippen LogP contribution in [0.15, 0.2) is 35.5 Å². The summed E-state index contributed by atoms with van der Waals surface area (Å²) in [4.78, 5) is 20.4. The monoisotopic (exact) mass is 328 g/mol. The van der Waals surface area contributed by atoms with Gasteiger partial charge in [0.05, 0.1) is 12.2 Å². The van der Waals surface area contributed by atoms with Crippen molar-refractivity contribution in [3.05, 3.63) is 46.9 Å². The maximum atomic E-state index is 11.9. The van der Waals surface area contributed by atoms with E-state index in [9.17, 15) is 4.79 Å². The van der Waals surface area contributed by atoms with Crippen molar-refractivity contribution in [1.82, 2.24) is 24.6 Å². The molecule has 0 aliphatic carbocycles. The fourth-order valence-corrected chi connectivity index (χ4v) is 2.17. The van der Waals surface area contributed by atoms with Gasteiger partial charge in [0.1, 0.15) is 12.4 Å². The van der Waals surface area contributed by atoms with Crippen molar-refractivity contribution in [1.29, 1.82) is 0 Å². The number of ether oxygens (including phenoxy) is 1. The molecule has 0 unspecified atom stereocenters. The van der Waals surface area contributed by atoms with Crippen LogP contribution >= 0.6 is 0 Å². The standard InChI is InChI=1S/C16H20N6O2/c1-16(2,3)12-10-22-14(20-21-15(22)23)13(19-12)18-8-9-24-11-4-6-17-7-5-11/h4-7,10H,8-9H2,1-3H3,(H,18,19)(H,21,23). The highest BCUT2D eigenvalue weighted by molar-refractivity contribution is 5.62. The Morgan fingerprint density at radius 1 is 1.29 bits per heavy atom. The largest absolute Gasteiger partial charge is 0.492 e. The first kappa shape index (κ1) is 16.0. The Labute approximate surface area is 138 Å². The zero-order chi connectivity index (χ0) is 17.2.